The molecule has 0 aromatic rings. The average Bonchev–Trinajstić information content (AvgIpc) is 2.31. The van der Waals surface area contributed by atoms with Crippen molar-refractivity contribution < 1.29 is 24.9 Å². The highest BCUT2D eigenvalue weighted by Gasteiger charge is 2.45. The minimum absolute atomic E-state index is 0.372. The molecule has 0 saturated carbocycles. The van der Waals surface area contributed by atoms with Gasteiger partial charge in [-0.25, -0.2) is 0 Å². The third-order valence-electron chi connectivity index (χ3n) is 2.15. The Balaban J connectivity index is 2.65. The van der Waals surface area contributed by atoms with Crippen LogP contribution >= 0.6 is 0 Å². The highest BCUT2D eigenvalue weighted by Crippen LogP contribution is 2.22. The lowest BCUT2D eigenvalue weighted by Gasteiger charge is -2.19. The monoisotopic (exact) mass is 205 g/mol. The summed E-state index contributed by atoms with van der Waals surface area (Å²) in [6.07, 6.45) is -4.16. The van der Waals surface area contributed by atoms with Crippen molar-refractivity contribution in [3.8, 4) is 0 Å². The van der Waals surface area contributed by atoms with Crippen molar-refractivity contribution in [3.63, 3.8) is 0 Å². The largest absolute Gasteiger partial charge is 0.391 e. The molecule has 1 heterocycles. The van der Waals surface area contributed by atoms with Gasteiger partial charge in [0.1, 0.15) is 18.2 Å². The summed E-state index contributed by atoms with van der Waals surface area (Å²) in [6, 6.07) is -0.882. The van der Waals surface area contributed by atoms with Gasteiger partial charge in [-0.3, -0.25) is 4.79 Å². The summed E-state index contributed by atoms with van der Waals surface area (Å²) in [5.41, 5.74) is 0. The number of carbonyl (C=O) groups is 1. The fourth-order valence-corrected chi connectivity index (χ4v) is 1.49. The molecule has 14 heavy (non-hydrogen) atoms. The molecule has 5 atom stereocenters. The SMILES string of the molecule is CC(=O)N[C@H]1[C@@H](O)[C@H]([C@H](C)O)O[C@@H]1O. The number of rotatable bonds is 2. The normalized spacial score (nSPS) is 39.5. The maximum atomic E-state index is 10.7. The van der Waals surface area contributed by atoms with E-state index in [9.17, 15) is 20.1 Å². The first-order valence-electron chi connectivity index (χ1n) is 4.40. The van der Waals surface area contributed by atoms with Gasteiger partial charge in [0.05, 0.1) is 6.10 Å². The molecule has 1 amide bonds. The van der Waals surface area contributed by atoms with Crippen LogP contribution < -0.4 is 5.32 Å². The molecule has 1 aliphatic rings. The van der Waals surface area contributed by atoms with Crippen LogP contribution in [0.3, 0.4) is 0 Å². The number of hydrogen-bond donors (Lipinski definition) is 4. The second-order valence-corrected chi connectivity index (χ2v) is 3.45. The summed E-state index contributed by atoms with van der Waals surface area (Å²) in [7, 11) is 0. The van der Waals surface area contributed by atoms with E-state index in [1.807, 2.05) is 0 Å². The van der Waals surface area contributed by atoms with Gasteiger partial charge < -0.3 is 25.4 Å². The summed E-state index contributed by atoms with van der Waals surface area (Å²) in [5.74, 6) is -0.372. The molecule has 6 heteroatoms. The molecule has 1 rings (SSSR count). The van der Waals surface area contributed by atoms with E-state index in [2.05, 4.69) is 5.32 Å². The number of nitrogens with one attached hydrogen (secondary N) is 1. The molecular weight excluding hydrogens is 190 g/mol. The van der Waals surface area contributed by atoms with Crippen molar-refractivity contribution in [3.05, 3.63) is 0 Å². The number of aliphatic hydroxyl groups excluding tert-OH is 3. The summed E-state index contributed by atoms with van der Waals surface area (Å²) in [5, 5.41) is 30.4. The first-order chi connectivity index (χ1) is 6.43. The van der Waals surface area contributed by atoms with Gasteiger partial charge in [-0.1, -0.05) is 0 Å². The third kappa shape index (κ3) is 2.21. The van der Waals surface area contributed by atoms with Gasteiger partial charge in [0.15, 0.2) is 6.29 Å². The first-order valence-corrected chi connectivity index (χ1v) is 4.40. The van der Waals surface area contributed by atoms with Crippen molar-refractivity contribution in [2.24, 2.45) is 0 Å². The average molecular weight is 205 g/mol. The molecule has 0 spiro atoms. The van der Waals surface area contributed by atoms with Crippen molar-refractivity contribution in [2.75, 3.05) is 0 Å². The number of hydrogen-bond acceptors (Lipinski definition) is 5. The molecule has 1 fully saturated rings. The first kappa shape index (κ1) is 11.4. The molecule has 0 aromatic heterocycles. The molecule has 0 unspecified atom stereocenters. The van der Waals surface area contributed by atoms with E-state index in [-0.39, 0.29) is 5.91 Å². The minimum Gasteiger partial charge on any atom is -0.391 e. The van der Waals surface area contributed by atoms with Crippen LogP contribution in [0.15, 0.2) is 0 Å². The number of ether oxygens (including phenoxy) is 1. The van der Waals surface area contributed by atoms with Crippen molar-refractivity contribution in [1.82, 2.24) is 5.32 Å². The predicted molar refractivity (Wildman–Crippen MR) is 46.2 cm³/mol. The van der Waals surface area contributed by atoms with Gasteiger partial charge in [-0.05, 0) is 6.92 Å². The van der Waals surface area contributed by atoms with Crippen LogP contribution in [-0.2, 0) is 9.53 Å². The molecule has 0 aliphatic carbocycles. The van der Waals surface area contributed by atoms with Crippen molar-refractivity contribution in [2.45, 2.75) is 44.5 Å². The van der Waals surface area contributed by atoms with E-state index in [1.54, 1.807) is 0 Å². The van der Waals surface area contributed by atoms with Gasteiger partial charge in [0, 0.05) is 6.92 Å². The zero-order valence-corrected chi connectivity index (χ0v) is 8.04. The maximum absolute atomic E-state index is 10.7. The van der Waals surface area contributed by atoms with Crippen LogP contribution in [0.1, 0.15) is 13.8 Å². The molecule has 6 nitrogen and oxygen atoms in total. The summed E-state index contributed by atoms with van der Waals surface area (Å²) < 4.78 is 4.89. The van der Waals surface area contributed by atoms with Gasteiger partial charge in [0.25, 0.3) is 0 Å². The zero-order chi connectivity index (χ0) is 10.9. The van der Waals surface area contributed by atoms with Crippen LogP contribution in [0, 0.1) is 0 Å². The van der Waals surface area contributed by atoms with E-state index >= 15 is 0 Å². The smallest absolute Gasteiger partial charge is 0.217 e. The summed E-state index contributed by atoms with van der Waals surface area (Å²) in [6.45, 7) is 2.71. The Morgan fingerprint density at radius 2 is 2.07 bits per heavy atom. The minimum atomic E-state index is -1.28. The summed E-state index contributed by atoms with van der Waals surface area (Å²) >= 11 is 0. The molecule has 1 aliphatic heterocycles. The zero-order valence-electron chi connectivity index (χ0n) is 8.04. The molecule has 0 aromatic carbocycles. The third-order valence-corrected chi connectivity index (χ3v) is 2.15. The Morgan fingerprint density at radius 1 is 1.50 bits per heavy atom. The van der Waals surface area contributed by atoms with Crippen LogP contribution in [0.5, 0.6) is 0 Å². The molecule has 0 bridgehead atoms. The highest BCUT2D eigenvalue weighted by molar-refractivity contribution is 5.73. The summed E-state index contributed by atoms with van der Waals surface area (Å²) in [4.78, 5) is 10.7. The Kier molecular flexibility index (Phi) is 3.43. The van der Waals surface area contributed by atoms with E-state index in [1.165, 1.54) is 13.8 Å². The standard InChI is InChI=1S/C8H15NO5/c1-3(10)7-6(12)5(8(13)14-7)9-4(2)11/h3,5-8,10,12-13H,1-2H3,(H,9,11)/t3-,5-,6+,7-,8-/m0/s1. The molecule has 4 N–H and O–H groups in total. The number of amides is 1. The molecule has 0 radical (unpaired) electrons. The van der Waals surface area contributed by atoms with E-state index in [4.69, 9.17) is 4.74 Å². The van der Waals surface area contributed by atoms with Gasteiger partial charge in [0.2, 0.25) is 5.91 Å². The van der Waals surface area contributed by atoms with Crippen molar-refractivity contribution in [1.29, 1.82) is 0 Å². The quantitative estimate of drug-likeness (QED) is 0.416. The van der Waals surface area contributed by atoms with Crippen LogP contribution in [0.25, 0.3) is 0 Å². The lowest BCUT2D eigenvalue weighted by molar-refractivity contribution is -0.134. The Labute approximate surface area is 81.5 Å². The van der Waals surface area contributed by atoms with Crippen LogP contribution in [-0.4, -0.2) is 51.9 Å². The lowest BCUT2D eigenvalue weighted by Crippen LogP contribution is -2.48. The van der Waals surface area contributed by atoms with Crippen LogP contribution in [0.4, 0.5) is 0 Å². The van der Waals surface area contributed by atoms with Crippen molar-refractivity contribution >= 4 is 5.91 Å². The van der Waals surface area contributed by atoms with Crippen LogP contribution in [0.2, 0.25) is 0 Å². The second-order valence-electron chi connectivity index (χ2n) is 3.45. The van der Waals surface area contributed by atoms with Gasteiger partial charge >= 0.3 is 0 Å². The predicted octanol–water partition coefficient (Wildman–Crippen LogP) is -2.05. The molecule has 82 valence electrons. The Morgan fingerprint density at radius 3 is 2.43 bits per heavy atom. The highest BCUT2D eigenvalue weighted by atomic mass is 16.6. The number of aliphatic hydroxyl groups is 3. The molecule has 1 saturated heterocycles. The fraction of sp³-hybridized carbons (Fsp3) is 0.875. The topological polar surface area (TPSA) is 99.0 Å². The fourth-order valence-electron chi connectivity index (χ4n) is 1.49. The Bertz CT molecular complexity index is 220. The Hall–Kier alpha value is -0.690. The number of carbonyl (C=O) groups excluding carboxylic acids is 1. The van der Waals surface area contributed by atoms with E-state index < -0.39 is 30.6 Å². The maximum Gasteiger partial charge on any atom is 0.217 e. The molecular formula is C8H15NO5. The van der Waals surface area contributed by atoms with Gasteiger partial charge in [-0.15, -0.1) is 0 Å². The van der Waals surface area contributed by atoms with E-state index in [0.29, 0.717) is 0 Å². The lowest BCUT2D eigenvalue weighted by atomic mass is 10.1. The van der Waals surface area contributed by atoms with Gasteiger partial charge in [-0.2, -0.15) is 0 Å². The van der Waals surface area contributed by atoms with E-state index in [0.717, 1.165) is 0 Å². The second kappa shape index (κ2) is 4.22.